The lowest BCUT2D eigenvalue weighted by Crippen LogP contribution is -2.36. The van der Waals surface area contributed by atoms with Gasteiger partial charge in [0.1, 0.15) is 11.5 Å². The molecule has 8 nitrogen and oxygen atoms in total. The molecule has 9 heteroatoms. The minimum atomic E-state index is -0.465. The molecule has 0 spiro atoms. The van der Waals surface area contributed by atoms with Gasteiger partial charge in [-0.05, 0) is 12.1 Å². The second-order valence-corrected chi connectivity index (χ2v) is 5.08. The average Bonchev–Trinajstić information content (AvgIpc) is 3.23. The molecule has 3 aromatic rings. The van der Waals surface area contributed by atoms with Gasteiger partial charge in [0, 0.05) is 13.0 Å². The van der Waals surface area contributed by atoms with E-state index in [0.29, 0.717) is 25.2 Å². The second kappa shape index (κ2) is 5.27. The summed E-state index contributed by atoms with van der Waals surface area (Å²) in [5.41, 5.74) is 2.19. The zero-order valence-corrected chi connectivity index (χ0v) is 11.9. The van der Waals surface area contributed by atoms with E-state index < -0.39 is 5.82 Å². The lowest BCUT2D eigenvalue weighted by molar-refractivity contribution is 0.0692. The maximum atomic E-state index is 12.9. The van der Waals surface area contributed by atoms with Gasteiger partial charge in [0.15, 0.2) is 0 Å². The molecule has 1 N–H and O–H groups in total. The molecule has 0 aromatic carbocycles. The van der Waals surface area contributed by atoms with Crippen LogP contribution in [-0.2, 0) is 13.0 Å². The molecule has 0 atom stereocenters. The lowest BCUT2D eigenvalue weighted by Gasteiger charge is -2.24. The number of H-pyrrole nitrogens is 1. The fourth-order valence-electron chi connectivity index (χ4n) is 2.44. The summed E-state index contributed by atoms with van der Waals surface area (Å²) < 4.78 is 18.2. The summed E-state index contributed by atoms with van der Waals surface area (Å²) in [5, 5.41) is 7.56. The molecule has 0 unspecified atom stereocenters. The number of hydrogen-bond acceptors (Lipinski definition) is 6. The van der Waals surface area contributed by atoms with Crippen LogP contribution in [-0.4, -0.2) is 42.5 Å². The Balaban J connectivity index is 1.55. The van der Waals surface area contributed by atoms with E-state index in [2.05, 4.69) is 25.1 Å². The molecule has 1 amide bonds. The van der Waals surface area contributed by atoms with Gasteiger partial charge in [-0.2, -0.15) is 0 Å². The van der Waals surface area contributed by atoms with E-state index in [-0.39, 0.29) is 17.7 Å². The van der Waals surface area contributed by atoms with Gasteiger partial charge < -0.3 is 14.3 Å². The van der Waals surface area contributed by atoms with E-state index in [0.717, 1.165) is 17.6 Å². The number of halogens is 1. The standard InChI is InChI=1S/C14H11FN6O2/c15-8-1-2-10(16-5-8)12-19-20-13(23-12)14(22)21-4-3-9-11(6-21)18-7-17-9/h1-2,5,7H,3-4,6H2,(H,17,18). The number of fused-ring (bicyclic) bond motifs is 1. The van der Waals surface area contributed by atoms with Gasteiger partial charge in [-0.3, -0.25) is 4.79 Å². The van der Waals surface area contributed by atoms with Crippen LogP contribution in [0.4, 0.5) is 4.39 Å². The minimum Gasteiger partial charge on any atom is -0.411 e. The minimum absolute atomic E-state index is 0.0765. The van der Waals surface area contributed by atoms with Crippen LogP contribution < -0.4 is 0 Å². The van der Waals surface area contributed by atoms with Gasteiger partial charge >= 0.3 is 11.8 Å². The maximum absolute atomic E-state index is 12.9. The predicted octanol–water partition coefficient (Wildman–Crippen LogP) is 1.19. The Labute approximate surface area is 129 Å². The summed E-state index contributed by atoms with van der Waals surface area (Å²) in [6.45, 7) is 0.948. The van der Waals surface area contributed by atoms with Gasteiger partial charge in [0.2, 0.25) is 0 Å². The molecular weight excluding hydrogens is 303 g/mol. The van der Waals surface area contributed by atoms with Crippen LogP contribution in [0.25, 0.3) is 11.6 Å². The van der Waals surface area contributed by atoms with Crippen molar-refractivity contribution in [3.63, 3.8) is 0 Å². The van der Waals surface area contributed by atoms with Crippen LogP contribution >= 0.6 is 0 Å². The number of nitrogens with one attached hydrogen (secondary N) is 1. The summed E-state index contributed by atoms with van der Waals surface area (Å²) in [7, 11) is 0. The van der Waals surface area contributed by atoms with Crippen LogP contribution in [0.5, 0.6) is 0 Å². The van der Waals surface area contributed by atoms with Crippen molar-refractivity contribution in [2.45, 2.75) is 13.0 Å². The molecule has 1 aliphatic rings. The zero-order chi connectivity index (χ0) is 15.8. The molecule has 1 aliphatic heterocycles. The average molecular weight is 314 g/mol. The Morgan fingerprint density at radius 1 is 1.30 bits per heavy atom. The van der Waals surface area contributed by atoms with Gasteiger partial charge in [-0.1, -0.05) is 0 Å². The molecule has 4 rings (SSSR count). The van der Waals surface area contributed by atoms with Gasteiger partial charge in [-0.15, -0.1) is 10.2 Å². The molecule has 23 heavy (non-hydrogen) atoms. The highest BCUT2D eigenvalue weighted by atomic mass is 19.1. The Hall–Kier alpha value is -3.10. The number of carbonyl (C=O) groups excluding carboxylic acids is 1. The lowest BCUT2D eigenvalue weighted by atomic mass is 10.1. The first-order valence-electron chi connectivity index (χ1n) is 6.96. The number of nitrogens with zero attached hydrogens (tertiary/aromatic N) is 5. The number of imidazole rings is 1. The molecule has 0 saturated carbocycles. The highest BCUT2D eigenvalue weighted by Gasteiger charge is 2.27. The van der Waals surface area contributed by atoms with Crippen LogP contribution in [0.1, 0.15) is 22.1 Å². The SMILES string of the molecule is O=C(c1nnc(-c2ccc(F)cn2)o1)N1CCc2nc[nH]c2C1. The maximum Gasteiger partial charge on any atom is 0.311 e. The number of aromatic nitrogens is 5. The normalized spacial score (nSPS) is 13.9. The number of carbonyl (C=O) groups is 1. The number of pyridine rings is 1. The first-order chi connectivity index (χ1) is 11.2. The van der Waals surface area contributed by atoms with E-state index >= 15 is 0 Å². The van der Waals surface area contributed by atoms with Crippen molar-refractivity contribution >= 4 is 5.91 Å². The monoisotopic (exact) mass is 314 g/mol. The highest BCUT2D eigenvalue weighted by molar-refractivity contribution is 5.89. The quantitative estimate of drug-likeness (QED) is 0.762. The van der Waals surface area contributed by atoms with Crippen molar-refractivity contribution in [1.29, 1.82) is 0 Å². The Bertz CT molecular complexity index is 856. The molecular formula is C14H11FN6O2. The van der Waals surface area contributed by atoms with E-state index in [9.17, 15) is 9.18 Å². The molecule has 0 aliphatic carbocycles. The second-order valence-electron chi connectivity index (χ2n) is 5.08. The Morgan fingerprint density at radius 3 is 3.04 bits per heavy atom. The Kier molecular flexibility index (Phi) is 3.11. The summed E-state index contributed by atoms with van der Waals surface area (Å²) in [6.07, 6.45) is 3.33. The molecule has 3 aromatic heterocycles. The molecule has 116 valence electrons. The zero-order valence-electron chi connectivity index (χ0n) is 11.9. The summed E-state index contributed by atoms with van der Waals surface area (Å²) in [6, 6.07) is 2.65. The van der Waals surface area contributed by atoms with Crippen LogP contribution in [0.2, 0.25) is 0 Å². The molecule has 0 saturated heterocycles. The van der Waals surface area contributed by atoms with Gasteiger partial charge in [-0.25, -0.2) is 14.4 Å². The Morgan fingerprint density at radius 2 is 2.22 bits per heavy atom. The van der Waals surface area contributed by atoms with Crippen molar-refractivity contribution in [2.24, 2.45) is 0 Å². The summed E-state index contributed by atoms with van der Waals surface area (Å²) in [4.78, 5) is 25.1. The first kappa shape index (κ1) is 13.6. The summed E-state index contributed by atoms with van der Waals surface area (Å²) >= 11 is 0. The van der Waals surface area contributed by atoms with Gasteiger partial charge in [0.05, 0.1) is 30.5 Å². The number of amides is 1. The third kappa shape index (κ3) is 2.45. The van der Waals surface area contributed by atoms with Crippen LogP contribution in [0, 0.1) is 5.82 Å². The molecule has 0 radical (unpaired) electrons. The first-order valence-corrected chi connectivity index (χ1v) is 6.96. The third-order valence-electron chi connectivity index (χ3n) is 3.62. The largest absolute Gasteiger partial charge is 0.411 e. The number of hydrogen-bond donors (Lipinski definition) is 1. The van der Waals surface area contributed by atoms with Crippen molar-refractivity contribution in [3.8, 4) is 11.6 Å². The van der Waals surface area contributed by atoms with Crippen LogP contribution in [0.3, 0.4) is 0 Å². The third-order valence-corrected chi connectivity index (χ3v) is 3.62. The number of aromatic amines is 1. The van der Waals surface area contributed by atoms with E-state index in [1.807, 2.05) is 0 Å². The van der Waals surface area contributed by atoms with Crippen LogP contribution in [0.15, 0.2) is 29.1 Å². The number of rotatable bonds is 2. The van der Waals surface area contributed by atoms with Crippen molar-refractivity contribution in [3.05, 3.63) is 47.8 Å². The smallest absolute Gasteiger partial charge is 0.311 e. The van der Waals surface area contributed by atoms with Gasteiger partial charge in [0.25, 0.3) is 5.89 Å². The van der Waals surface area contributed by atoms with Crippen molar-refractivity contribution < 1.29 is 13.6 Å². The van der Waals surface area contributed by atoms with E-state index in [1.54, 1.807) is 11.2 Å². The fourth-order valence-corrected chi connectivity index (χ4v) is 2.44. The summed E-state index contributed by atoms with van der Waals surface area (Å²) in [5.74, 6) is -0.860. The molecule has 4 heterocycles. The molecule has 0 bridgehead atoms. The highest BCUT2D eigenvalue weighted by Crippen LogP contribution is 2.19. The van der Waals surface area contributed by atoms with E-state index in [1.165, 1.54) is 12.1 Å². The van der Waals surface area contributed by atoms with E-state index in [4.69, 9.17) is 4.42 Å². The fraction of sp³-hybridized carbons (Fsp3) is 0.214. The predicted molar refractivity (Wildman–Crippen MR) is 74.5 cm³/mol. The van der Waals surface area contributed by atoms with Crippen molar-refractivity contribution in [2.75, 3.05) is 6.54 Å². The molecule has 0 fully saturated rings. The topological polar surface area (TPSA) is 101 Å². The van der Waals surface area contributed by atoms with Crippen molar-refractivity contribution in [1.82, 2.24) is 30.0 Å².